The fraction of sp³-hybridized carbons (Fsp3) is 0.769. The van der Waals surface area contributed by atoms with Gasteiger partial charge in [-0.05, 0) is 12.5 Å². The van der Waals surface area contributed by atoms with E-state index in [1.54, 1.807) is 0 Å². The molecule has 0 saturated carbocycles. The molecule has 0 aliphatic carbocycles. The minimum Gasteiger partial charge on any atom is -0.337 e. The Labute approximate surface area is 99.3 Å². The molecule has 1 aromatic rings. The number of hydrogen-bond acceptors (Lipinski definition) is 2. The molecular formula is C13H25N3. The van der Waals surface area contributed by atoms with Gasteiger partial charge in [0.15, 0.2) is 0 Å². The molecule has 0 aliphatic heterocycles. The summed E-state index contributed by atoms with van der Waals surface area (Å²) in [5.74, 6) is 0.788. The Hall–Kier alpha value is -0.830. The molecule has 0 aliphatic rings. The van der Waals surface area contributed by atoms with Gasteiger partial charge in [-0.25, -0.2) is 4.98 Å². The van der Waals surface area contributed by atoms with Crippen LogP contribution in [0, 0.1) is 5.92 Å². The summed E-state index contributed by atoms with van der Waals surface area (Å²) < 4.78 is 2.24. The van der Waals surface area contributed by atoms with Crippen LogP contribution in [0.4, 0.5) is 0 Å². The second-order valence-corrected chi connectivity index (χ2v) is 4.35. The fourth-order valence-corrected chi connectivity index (χ4v) is 1.87. The first-order chi connectivity index (χ1) is 7.80. The highest BCUT2D eigenvalue weighted by Gasteiger charge is 2.05. The van der Waals surface area contributed by atoms with E-state index in [1.165, 1.54) is 18.5 Å². The third-order valence-corrected chi connectivity index (χ3v) is 3.12. The number of imidazole rings is 1. The maximum Gasteiger partial charge on any atom is 0.0949 e. The molecule has 0 atom stereocenters. The zero-order chi connectivity index (χ0) is 11.8. The molecule has 1 N–H and O–H groups in total. The zero-order valence-electron chi connectivity index (χ0n) is 10.9. The Balaban J connectivity index is 2.38. The van der Waals surface area contributed by atoms with E-state index in [0.29, 0.717) is 0 Å². The largest absolute Gasteiger partial charge is 0.337 e. The Morgan fingerprint density at radius 2 is 2.06 bits per heavy atom. The summed E-state index contributed by atoms with van der Waals surface area (Å²) in [5, 5.41) is 3.32. The summed E-state index contributed by atoms with van der Waals surface area (Å²) in [6, 6.07) is 0. The van der Waals surface area contributed by atoms with Crippen molar-refractivity contribution < 1.29 is 0 Å². The molecule has 1 aromatic heterocycles. The van der Waals surface area contributed by atoms with Crippen LogP contribution in [0.3, 0.4) is 0 Å². The molecule has 0 aromatic carbocycles. The summed E-state index contributed by atoms with van der Waals surface area (Å²) >= 11 is 0. The van der Waals surface area contributed by atoms with Crippen LogP contribution < -0.4 is 5.32 Å². The third-order valence-electron chi connectivity index (χ3n) is 3.12. The molecule has 0 fully saturated rings. The number of likely N-dealkylation sites (N-methyl/N-ethyl adjacent to an activating group) is 1. The van der Waals surface area contributed by atoms with Gasteiger partial charge in [0.1, 0.15) is 0 Å². The molecule has 0 radical (unpaired) electrons. The summed E-state index contributed by atoms with van der Waals surface area (Å²) in [5.41, 5.74) is 1.20. The molecule has 16 heavy (non-hydrogen) atoms. The standard InChI is InChI=1S/C13H25N3/c1-4-12(5-2)9-16-10-13(15-11-16)7-8-14-6-3/h10-12,14H,4-9H2,1-3H3. The van der Waals surface area contributed by atoms with Gasteiger partial charge in [-0.1, -0.05) is 33.6 Å². The van der Waals surface area contributed by atoms with Crippen LogP contribution in [0.2, 0.25) is 0 Å². The highest BCUT2D eigenvalue weighted by molar-refractivity contribution is 4.97. The molecular weight excluding hydrogens is 198 g/mol. The predicted octanol–water partition coefficient (Wildman–Crippen LogP) is 2.47. The Morgan fingerprint density at radius 3 is 2.69 bits per heavy atom. The third kappa shape index (κ3) is 4.35. The minimum atomic E-state index is 0.788. The van der Waals surface area contributed by atoms with E-state index in [-0.39, 0.29) is 0 Å². The van der Waals surface area contributed by atoms with Gasteiger partial charge >= 0.3 is 0 Å². The van der Waals surface area contributed by atoms with Crippen LogP contribution in [0.5, 0.6) is 0 Å². The van der Waals surface area contributed by atoms with Crippen molar-refractivity contribution in [2.24, 2.45) is 5.92 Å². The molecule has 0 unspecified atom stereocenters. The smallest absolute Gasteiger partial charge is 0.0949 e. The van der Waals surface area contributed by atoms with E-state index in [4.69, 9.17) is 0 Å². The van der Waals surface area contributed by atoms with Gasteiger partial charge in [-0.15, -0.1) is 0 Å². The topological polar surface area (TPSA) is 29.9 Å². The van der Waals surface area contributed by atoms with Crippen LogP contribution in [0.25, 0.3) is 0 Å². The molecule has 1 rings (SSSR count). The Kier molecular flexibility index (Phi) is 6.16. The average Bonchev–Trinajstić information content (AvgIpc) is 2.74. The summed E-state index contributed by atoms with van der Waals surface area (Å²) in [6.07, 6.45) is 7.70. The summed E-state index contributed by atoms with van der Waals surface area (Å²) in [7, 11) is 0. The van der Waals surface area contributed by atoms with E-state index < -0.39 is 0 Å². The molecule has 0 spiro atoms. The first-order valence-electron chi connectivity index (χ1n) is 6.51. The van der Waals surface area contributed by atoms with Crippen molar-refractivity contribution in [3.8, 4) is 0 Å². The maximum absolute atomic E-state index is 4.43. The van der Waals surface area contributed by atoms with Crippen molar-refractivity contribution in [2.75, 3.05) is 13.1 Å². The summed E-state index contributed by atoms with van der Waals surface area (Å²) in [6.45, 7) is 9.83. The van der Waals surface area contributed by atoms with Crippen LogP contribution in [-0.4, -0.2) is 22.6 Å². The van der Waals surface area contributed by atoms with Crippen molar-refractivity contribution in [1.29, 1.82) is 0 Å². The number of rotatable bonds is 8. The predicted molar refractivity (Wildman–Crippen MR) is 68.5 cm³/mol. The van der Waals surface area contributed by atoms with Gasteiger partial charge in [0.25, 0.3) is 0 Å². The lowest BCUT2D eigenvalue weighted by molar-refractivity contribution is 0.418. The van der Waals surface area contributed by atoms with Gasteiger partial charge in [0.05, 0.1) is 12.0 Å². The second-order valence-electron chi connectivity index (χ2n) is 4.35. The van der Waals surface area contributed by atoms with Crippen molar-refractivity contribution in [2.45, 2.75) is 46.6 Å². The van der Waals surface area contributed by atoms with Gasteiger partial charge < -0.3 is 9.88 Å². The highest BCUT2D eigenvalue weighted by Crippen LogP contribution is 2.11. The molecule has 0 bridgehead atoms. The SMILES string of the molecule is CCNCCc1cn(CC(CC)CC)cn1. The quantitative estimate of drug-likeness (QED) is 0.686. The molecule has 0 saturated heterocycles. The summed E-state index contributed by atoms with van der Waals surface area (Å²) in [4.78, 5) is 4.43. The average molecular weight is 223 g/mol. The van der Waals surface area contributed by atoms with Crippen LogP contribution in [-0.2, 0) is 13.0 Å². The fourth-order valence-electron chi connectivity index (χ4n) is 1.87. The lowest BCUT2D eigenvalue weighted by atomic mass is 10.0. The first-order valence-corrected chi connectivity index (χ1v) is 6.51. The number of nitrogens with zero attached hydrogens (tertiary/aromatic N) is 2. The van der Waals surface area contributed by atoms with E-state index in [2.05, 4.69) is 41.8 Å². The van der Waals surface area contributed by atoms with E-state index in [1.807, 2.05) is 6.33 Å². The van der Waals surface area contributed by atoms with Crippen molar-refractivity contribution in [1.82, 2.24) is 14.9 Å². The lowest BCUT2D eigenvalue weighted by Gasteiger charge is -2.12. The second kappa shape index (κ2) is 7.44. The monoisotopic (exact) mass is 223 g/mol. The number of aromatic nitrogens is 2. The van der Waals surface area contributed by atoms with Crippen molar-refractivity contribution >= 4 is 0 Å². The van der Waals surface area contributed by atoms with Crippen LogP contribution in [0.15, 0.2) is 12.5 Å². The minimum absolute atomic E-state index is 0.788. The lowest BCUT2D eigenvalue weighted by Crippen LogP contribution is -2.16. The van der Waals surface area contributed by atoms with E-state index in [9.17, 15) is 0 Å². The Bertz CT molecular complexity index is 276. The molecule has 3 heteroatoms. The zero-order valence-corrected chi connectivity index (χ0v) is 10.9. The highest BCUT2D eigenvalue weighted by atomic mass is 15.0. The number of nitrogens with one attached hydrogen (secondary N) is 1. The first kappa shape index (κ1) is 13.2. The van der Waals surface area contributed by atoms with Gasteiger partial charge in [0.2, 0.25) is 0 Å². The molecule has 3 nitrogen and oxygen atoms in total. The van der Waals surface area contributed by atoms with E-state index in [0.717, 1.165) is 32.0 Å². The van der Waals surface area contributed by atoms with Gasteiger partial charge in [-0.2, -0.15) is 0 Å². The van der Waals surface area contributed by atoms with Crippen LogP contribution in [0.1, 0.15) is 39.3 Å². The maximum atomic E-state index is 4.43. The number of hydrogen-bond donors (Lipinski definition) is 1. The Morgan fingerprint density at radius 1 is 1.31 bits per heavy atom. The van der Waals surface area contributed by atoms with Crippen LogP contribution >= 0.6 is 0 Å². The van der Waals surface area contributed by atoms with Gasteiger partial charge in [-0.3, -0.25) is 0 Å². The normalized spacial score (nSPS) is 11.2. The van der Waals surface area contributed by atoms with Crippen molar-refractivity contribution in [3.63, 3.8) is 0 Å². The van der Waals surface area contributed by atoms with Gasteiger partial charge in [0, 0.05) is 25.7 Å². The van der Waals surface area contributed by atoms with E-state index >= 15 is 0 Å². The molecule has 1 heterocycles. The van der Waals surface area contributed by atoms with Crippen molar-refractivity contribution in [3.05, 3.63) is 18.2 Å². The molecule has 0 amide bonds. The molecule has 92 valence electrons.